The molecular formula is C14H13OSe. The van der Waals surface area contributed by atoms with Crippen LogP contribution in [0, 0.1) is 6.92 Å². The van der Waals surface area contributed by atoms with Crippen LogP contribution in [-0.2, 0) is 6.61 Å². The first-order valence-electron chi connectivity index (χ1n) is 5.20. The first-order valence-corrected chi connectivity index (χ1v) is 6.06. The molecule has 0 aromatic heterocycles. The molecule has 2 rings (SSSR count). The number of rotatable bonds is 3. The van der Waals surface area contributed by atoms with Gasteiger partial charge >= 0.3 is 104 Å². The van der Waals surface area contributed by atoms with Gasteiger partial charge in [0.2, 0.25) is 0 Å². The van der Waals surface area contributed by atoms with E-state index in [9.17, 15) is 0 Å². The number of para-hydroxylation sites is 1. The second-order valence-electron chi connectivity index (χ2n) is 3.72. The number of hydrogen-bond donors (Lipinski definition) is 0. The second-order valence-corrected chi connectivity index (χ2v) is 4.64. The summed E-state index contributed by atoms with van der Waals surface area (Å²) in [6, 6.07) is 16.3. The Hall–Kier alpha value is -1.24. The maximum absolute atomic E-state index is 5.73. The van der Waals surface area contributed by atoms with Crippen LogP contribution in [0.3, 0.4) is 0 Å². The van der Waals surface area contributed by atoms with Gasteiger partial charge in [0.05, 0.1) is 0 Å². The van der Waals surface area contributed by atoms with Gasteiger partial charge in [-0.05, 0) is 0 Å². The number of benzene rings is 2. The average Bonchev–Trinajstić information content (AvgIpc) is 2.30. The maximum atomic E-state index is 5.73. The molecule has 0 fully saturated rings. The Morgan fingerprint density at radius 1 is 1.00 bits per heavy atom. The van der Waals surface area contributed by atoms with Gasteiger partial charge in [0.15, 0.2) is 0 Å². The Morgan fingerprint density at radius 2 is 1.69 bits per heavy atom. The fourth-order valence-corrected chi connectivity index (χ4v) is 1.85. The van der Waals surface area contributed by atoms with Gasteiger partial charge in [0.1, 0.15) is 0 Å². The summed E-state index contributed by atoms with van der Waals surface area (Å²) in [6.45, 7) is 2.69. The predicted molar refractivity (Wildman–Crippen MR) is 67.3 cm³/mol. The molecule has 0 amide bonds. The fraction of sp³-hybridized carbons (Fsp3) is 0.143. The molecule has 0 saturated carbocycles. The van der Waals surface area contributed by atoms with Gasteiger partial charge in [-0.3, -0.25) is 0 Å². The van der Waals surface area contributed by atoms with Crippen molar-refractivity contribution >= 4 is 20.5 Å². The van der Waals surface area contributed by atoms with E-state index in [2.05, 4.69) is 47.2 Å². The molecule has 1 nitrogen and oxygen atoms in total. The molecule has 1 radical (unpaired) electrons. The molecule has 0 atom stereocenters. The molecule has 0 N–H and O–H groups in total. The Labute approximate surface area is 104 Å². The predicted octanol–water partition coefficient (Wildman–Crippen LogP) is 2.37. The van der Waals surface area contributed by atoms with Crippen molar-refractivity contribution in [2.24, 2.45) is 0 Å². The van der Waals surface area contributed by atoms with Crippen molar-refractivity contribution in [3.63, 3.8) is 0 Å². The summed E-state index contributed by atoms with van der Waals surface area (Å²) in [4.78, 5) is 0. The molecule has 0 aliphatic carbocycles. The number of hydrogen-bond acceptors (Lipinski definition) is 1. The zero-order chi connectivity index (χ0) is 11.4. The summed E-state index contributed by atoms with van der Waals surface area (Å²) in [5, 5.41) is 0. The SMILES string of the molecule is Cc1ccc(COc2ccccc2[Se])cc1. The third-order valence-corrected chi connectivity index (χ3v) is 3.07. The fourth-order valence-electron chi connectivity index (χ4n) is 1.41. The van der Waals surface area contributed by atoms with Crippen LogP contribution in [0.15, 0.2) is 48.5 Å². The summed E-state index contributed by atoms with van der Waals surface area (Å²) in [7, 11) is 0. The molecule has 81 valence electrons. The van der Waals surface area contributed by atoms with Crippen molar-refractivity contribution in [1.82, 2.24) is 0 Å². The van der Waals surface area contributed by atoms with E-state index in [-0.39, 0.29) is 0 Å². The zero-order valence-corrected chi connectivity index (χ0v) is 10.9. The summed E-state index contributed by atoms with van der Waals surface area (Å²) in [5.41, 5.74) is 2.46. The number of ether oxygens (including phenoxy) is 1. The van der Waals surface area contributed by atoms with Crippen LogP contribution >= 0.6 is 0 Å². The molecule has 16 heavy (non-hydrogen) atoms. The second kappa shape index (κ2) is 5.20. The molecule has 2 heteroatoms. The zero-order valence-electron chi connectivity index (χ0n) is 9.14. The molecule has 0 aliphatic heterocycles. The van der Waals surface area contributed by atoms with E-state index < -0.39 is 0 Å². The molecule has 0 aliphatic rings. The Morgan fingerprint density at radius 3 is 2.38 bits per heavy atom. The molecule has 0 unspecified atom stereocenters. The number of aryl methyl sites for hydroxylation is 1. The van der Waals surface area contributed by atoms with Crippen LogP contribution in [0.1, 0.15) is 11.1 Å². The van der Waals surface area contributed by atoms with Gasteiger partial charge < -0.3 is 0 Å². The third kappa shape index (κ3) is 2.88. The van der Waals surface area contributed by atoms with Gasteiger partial charge in [-0.2, -0.15) is 0 Å². The van der Waals surface area contributed by atoms with E-state index in [0.29, 0.717) is 6.61 Å². The first kappa shape index (κ1) is 11.3. The van der Waals surface area contributed by atoms with Crippen molar-refractivity contribution in [3.8, 4) is 5.75 Å². The molecular weight excluding hydrogens is 263 g/mol. The van der Waals surface area contributed by atoms with Crippen LogP contribution in [0.5, 0.6) is 5.75 Å². The molecule has 2 aromatic carbocycles. The van der Waals surface area contributed by atoms with Crippen LogP contribution in [0.4, 0.5) is 0 Å². The molecule has 2 aromatic rings. The van der Waals surface area contributed by atoms with E-state index in [1.807, 2.05) is 24.3 Å². The molecule has 0 saturated heterocycles. The van der Waals surface area contributed by atoms with Gasteiger partial charge in [0.25, 0.3) is 0 Å². The monoisotopic (exact) mass is 277 g/mol. The quantitative estimate of drug-likeness (QED) is 0.782. The van der Waals surface area contributed by atoms with Gasteiger partial charge in [-0.25, -0.2) is 0 Å². The Balaban J connectivity index is 2.02. The van der Waals surface area contributed by atoms with Gasteiger partial charge in [-0.15, -0.1) is 0 Å². The summed E-state index contributed by atoms with van der Waals surface area (Å²) in [6.07, 6.45) is 0. The van der Waals surface area contributed by atoms with Crippen molar-refractivity contribution in [2.45, 2.75) is 13.5 Å². The first-order chi connectivity index (χ1) is 7.75. The van der Waals surface area contributed by atoms with E-state index in [0.717, 1.165) is 10.2 Å². The molecule has 0 heterocycles. The van der Waals surface area contributed by atoms with Gasteiger partial charge in [0, 0.05) is 0 Å². The van der Waals surface area contributed by atoms with E-state index in [4.69, 9.17) is 4.74 Å². The topological polar surface area (TPSA) is 9.23 Å². The summed E-state index contributed by atoms with van der Waals surface area (Å²) in [5.74, 6) is 0.906. The Kier molecular flexibility index (Phi) is 3.66. The van der Waals surface area contributed by atoms with E-state index >= 15 is 0 Å². The normalized spacial score (nSPS) is 10.1. The van der Waals surface area contributed by atoms with Crippen LogP contribution < -0.4 is 9.20 Å². The molecule has 0 bridgehead atoms. The van der Waals surface area contributed by atoms with Crippen molar-refractivity contribution < 1.29 is 4.74 Å². The van der Waals surface area contributed by atoms with Gasteiger partial charge in [-0.1, -0.05) is 0 Å². The van der Waals surface area contributed by atoms with Crippen molar-refractivity contribution in [2.75, 3.05) is 0 Å². The molecule has 0 spiro atoms. The van der Waals surface area contributed by atoms with E-state index in [1.165, 1.54) is 11.1 Å². The standard InChI is InChI=1S/C14H13OSe/c1-11-6-8-12(9-7-11)10-15-13-4-2-3-5-14(13)16/h2-9H,10H2,1H3. The van der Waals surface area contributed by atoms with Crippen LogP contribution in [0.2, 0.25) is 0 Å². The van der Waals surface area contributed by atoms with Crippen molar-refractivity contribution in [3.05, 3.63) is 59.7 Å². The summed E-state index contributed by atoms with van der Waals surface area (Å²) < 4.78 is 6.78. The van der Waals surface area contributed by atoms with Crippen LogP contribution in [-0.4, -0.2) is 16.0 Å². The third-order valence-electron chi connectivity index (χ3n) is 2.36. The summed E-state index contributed by atoms with van der Waals surface area (Å²) >= 11 is 2.99. The minimum absolute atomic E-state index is 0.610. The van der Waals surface area contributed by atoms with Crippen molar-refractivity contribution in [1.29, 1.82) is 0 Å². The van der Waals surface area contributed by atoms with E-state index in [1.54, 1.807) is 0 Å². The average molecular weight is 276 g/mol. The minimum atomic E-state index is 0.610. The Bertz CT molecular complexity index is 462. The van der Waals surface area contributed by atoms with Crippen LogP contribution in [0.25, 0.3) is 0 Å².